The summed E-state index contributed by atoms with van der Waals surface area (Å²) in [6, 6.07) is 10.2. The Labute approximate surface area is 128 Å². The fourth-order valence-corrected chi connectivity index (χ4v) is 2.67. The van der Waals surface area contributed by atoms with Crippen molar-refractivity contribution >= 4 is 15.9 Å². The molecule has 0 bridgehead atoms. The van der Waals surface area contributed by atoms with E-state index in [0.717, 1.165) is 28.9 Å². The van der Waals surface area contributed by atoms with Crippen molar-refractivity contribution in [2.75, 3.05) is 6.54 Å². The Morgan fingerprint density at radius 3 is 2.85 bits per heavy atom. The minimum atomic E-state index is 0.323. The number of rotatable bonds is 7. The fraction of sp³-hybridized carbons (Fsp3) is 0.375. The van der Waals surface area contributed by atoms with Crippen molar-refractivity contribution in [2.45, 2.75) is 32.9 Å². The normalized spacial score (nSPS) is 12.3. The second kappa shape index (κ2) is 7.50. The van der Waals surface area contributed by atoms with E-state index in [4.69, 9.17) is 9.15 Å². The van der Waals surface area contributed by atoms with E-state index in [1.165, 1.54) is 5.56 Å². The molecule has 0 spiro atoms. The SMILES string of the molecule is CCCNC(C)c1ccc(OCc2ccco2)cc1Br. The molecule has 2 aromatic rings. The molecule has 1 unspecified atom stereocenters. The van der Waals surface area contributed by atoms with Gasteiger partial charge < -0.3 is 14.5 Å². The molecule has 0 saturated heterocycles. The molecule has 108 valence electrons. The van der Waals surface area contributed by atoms with Gasteiger partial charge in [0.2, 0.25) is 0 Å². The van der Waals surface area contributed by atoms with Crippen LogP contribution in [-0.4, -0.2) is 6.54 Å². The first kappa shape index (κ1) is 15.1. The van der Waals surface area contributed by atoms with Crippen LogP contribution in [0.2, 0.25) is 0 Å². The minimum Gasteiger partial charge on any atom is -0.486 e. The topological polar surface area (TPSA) is 34.4 Å². The number of nitrogens with one attached hydrogen (secondary N) is 1. The quantitative estimate of drug-likeness (QED) is 0.796. The monoisotopic (exact) mass is 337 g/mol. The van der Waals surface area contributed by atoms with E-state index >= 15 is 0 Å². The fourth-order valence-electron chi connectivity index (χ4n) is 1.97. The van der Waals surface area contributed by atoms with Gasteiger partial charge in [0, 0.05) is 10.5 Å². The molecule has 0 saturated carbocycles. The summed E-state index contributed by atoms with van der Waals surface area (Å²) < 4.78 is 12.0. The van der Waals surface area contributed by atoms with Crippen LogP contribution in [0.1, 0.15) is 37.6 Å². The van der Waals surface area contributed by atoms with Crippen molar-refractivity contribution < 1.29 is 9.15 Å². The van der Waals surface area contributed by atoms with E-state index in [1.807, 2.05) is 24.3 Å². The standard InChI is InChI=1S/C16H20BrNO2/c1-3-8-18-12(2)15-7-6-13(10-16(15)17)20-11-14-5-4-9-19-14/h4-7,9-10,12,18H,3,8,11H2,1-2H3. The molecule has 0 radical (unpaired) electrons. The highest BCUT2D eigenvalue weighted by Gasteiger charge is 2.09. The minimum absolute atomic E-state index is 0.323. The lowest BCUT2D eigenvalue weighted by Crippen LogP contribution is -2.19. The maximum absolute atomic E-state index is 5.70. The van der Waals surface area contributed by atoms with Crippen molar-refractivity contribution in [3.63, 3.8) is 0 Å². The first-order chi connectivity index (χ1) is 9.70. The lowest BCUT2D eigenvalue weighted by molar-refractivity contribution is 0.270. The van der Waals surface area contributed by atoms with Gasteiger partial charge in [-0.3, -0.25) is 0 Å². The van der Waals surface area contributed by atoms with Gasteiger partial charge in [-0.05, 0) is 49.7 Å². The van der Waals surface area contributed by atoms with Crippen LogP contribution in [0.4, 0.5) is 0 Å². The van der Waals surface area contributed by atoms with Crippen LogP contribution in [0.15, 0.2) is 45.5 Å². The van der Waals surface area contributed by atoms with Crippen molar-refractivity contribution in [1.82, 2.24) is 5.32 Å². The first-order valence-corrected chi connectivity index (χ1v) is 7.68. The average molecular weight is 338 g/mol. The summed E-state index contributed by atoms with van der Waals surface area (Å²) in [7, 11) is 0. The highest BCUT2D eigenvalue weighted by molar-refractivity contribution is 9.10. The van der Waals surface area contributed by atoms with Crippen molar-refractivity contribution in [2.24, 2.45) is 0 Å². The Morgan fingerprint density at radius 1 is 1.35 bits per heavy atom. The van der Waals surface area contributed by atoms with Gasteiger partial charge in [0.05, 0.1) is 6.26 Å². The Hall–Kier alpha value is -1.26. The molecule has 4 heteroatoms. The van der Waals surface area contributed by atoms with Crippen LogP contribution in [0.3, 0.4) is 0 Å². The molecule has 1 atom stereocenters. The lowest BCUT2D eigenvalue weighted by Gasteiger charge is -2.16. The summed E-state index contributed by atoms with van der Waals surface area (Å²) in [6.07, 6.45) is 2.78. The van der Waals surface area contributed by atoms with Crippen LogP contribution in [0.5, 0.6) is 5.75 Å². The zero-order chi connectivity index (χ0) is 14.4. The first-order valence-electron chi connectivity index (χ1n) is 6.88. The van der Waals surface area contributed by atoms with Gasteiger partial charge in [0.1, 0.15) is 18.1 Å². The molecule has 0 amide bonds. The zero-order valence-electron chi connectivity index (χ0n) is 11.9. The molecule has 1 N–H and O–H groups in total. The van der Waals surface area contributed by atoms with Crippen LogP contribution in [-0.2, 0) is 6.61 Å². The zero-order valence-corrected chi connectivity index (χ0v) is 13.4. The Morgan fingerprint density at radius 2 is 2.20 bits per heavy atom. The van der Waals surface area contributed by atoms with Gasteiger partial charge >= 0.3 is 0 Å². The van der Waals surface area contributed by atoms with E-state index in [2.05, 4.69) is 41.2 Å². The summed E-state index contributed by atoms with van der Waals surface area (Å²) in [4.78, 5) is 0. The maximum atomic E-state index is 5.70. The van der Waals surface area contributed by atoms with Crippen LogP contribution in [0, 0.1) is 0 Å². The number of ether oxygens (including phenoxy) is 1. The van der Waals surface area contributed by atoms with E-state index in [1.54, 1.807) is 6.26 Å². The largest absolute Gasteiger partial charge is 0.486 e. The third-order valence-electron chi connectivity index (χ3n) is 3.10. The summed E-state index contributed by atoms with van der Waals surface area (Å²) in [5, 5.41) is 3.48. The molecule has 2 rings (SSSR count). The number of halogens is 1. The van der Waals surface area contributed by atoms with E-state index in [0.29, 0.717) is 12.6 Å². The average Bonchev–Trinajstić information content (AvgIpc) is 2.96. The predicted octanol–water partition coefficient (Wildman–Crippen LogP) is 4.68. The molecule has 0 aliphatic rings. The second-order valence-electron chi connectivity index (χ2n) is 4.73. The second-order valence-corrected chi connectivity index (χ2v) is 5.58. The van der Waals surface area contributed by atoms with Gasteiger partial charge in [-0.2, -0.15) is 0 Å². The van der Waals surface area contributed by atoms with E-state index in [9.17, 15) is 0 Å². The van der Waals surface area contributed by atoms with Gasteiger partial charge in [-0.1, -0.05) is 28.9 Å². The number of hydrogen-bond donors (Lipinski definition) is 1. The van der Waals surface area contributed by atoms with Gasteiger partial charge in [0.25, 0.3) is 0 Å². The van der Waals surface area contributed by atoms with Gasteiger partial charge in [0.15, 0.2) is 0 Å². The van der Waals surface area contributed by atoms with Crippen molar-refractivity contribution in [1.29, 1.82) is 0 Å². The molecular weight excluding hydrogens is 318 g/mol. The van der Waals surface area contributed by atoms with Gasteiger partial charge in [-0.15, -0.1) is 0 Å². The number of hydrogen-bond acceptors (Lipinski definition) is 3. The van der Waals surface area contributed by atoms with Crippen molar-refractivity contribution in [3.8, 4) is 5.75 Å². The summed E-state index contributed by atoms with van der Waals surface area (Å²) in [6.45, 7) is 5.80. The molecule has 1 heterocycles. The summed E-state index contributed by atoms with van der Waals surface area (Å²) in [5.41, 5.74) is 1.24. The predicted molar refractivity (Wildman–Crippen MR) is 83.9 cm³/mol. The number of furan rings is 1. The molecule has 20 heavy (non-hydrogen) atoms. The van der Waals surface area contributed by atoms with Crippen LogP contribution in [0.25, 0.3) is 0 Å². The van der Waals surface area contributed by atoms with E-state index in [-0.39, 0.29) is 0 Å². The highest BCUT2D eigenvalue weighted by Crippen LogP contribution is 2.28. The molecule has 1 aromatic heterocycles. The molecule has 3 nitrogen and oxygen atoms in total. The molecule has 0 aliphatic carbocycles. The summed E-state index contributed by atoms with van der Waals surface area (Å²) in [5.74, 6) is 1.66. The molecule has 1 aromatic carbocycles. The summed E-state index contributed by atoms with van der Waals surface area (Å²) >= 11 is 3.61. The number of benzene rings is 1. The Bertz CT molecular complexity index is 525. The third-order valence-corrected chi connectivity index (χ3v) is 3.79. The molecular formula is C16H20BrNO2. The van der Waals surface area contributed by atoms with Crippen LogP contribution >= 0.6 is 15.9 Å². The highest BCUT2D eigenvalue weighted by atomic mass is 79.9. The third kappa shape index (κ3) is 4.12. The maximum Gasteiger partial charge on any atom is 0.146 e. The smallest absolute Gasteiger partial charge is 0.146 e. The van der Waals surface area contributed by atoms with E-state index < -0.39 is 0 Å². The molecule has 0 aliphatic heterocycles. The van der Waals surface area contributed by atoms with Crippen molar-refractivity contribution in [3.05, 3.63) is 52.4 Å². The Kier molecular flexibility index (Phi) is 5.68. The molecule has 0 fully saturated rings. The van der Waals surface area contributed by atoms with Gasteiger partial charge in [-0.25, -0.2) is 0 Å². The Balaban J connectivity index is 1.98. The lowest BCUT2D eigenvalue weighted by atomic mass is 10.1. The van der Waals surface area contributed by atoms with Crippen LogP contribution < -0.4 is 10.1 Å².